The summed E-state index contributed by atoms with van der Waals surface area (Å²) in [4.78, 5) is 38.9. The van der Waals surface area contributed by atoms with Gasteiger partial charge in [0.2, 0.25) is 0 Å². The summed E-state index contributed by atoms with van der Waals surface area (Å²) in [5, 5.41) is 2.70. The Kier molecular flexibility index (Phi) is 6.34. The third kappa shape index (κ3) is 4.70. The van der Waals surface area contributed by atoms with Crippen LogP contribution in [0.15, 0.2) is 24.3 Å². The zero-order valence-electron chi connectivity index (χ0n) is 16.6. The Labute approximate surface area is 165 Å². The zero-order chi connectivity index (χ0) is 20.3. The van der Waals surface area contributed by atoms with Crippen molar-refractivity contribution in [3.8, 4) is 0 Å². The van der Waals surface area contributed by atoms with Crippen LogP contribution in [0.4, 0.5) is 4.79 Å². The molecular formula is C21H28N2O5. The van der Waals surface area contributed by atoms with E-state index in [2.05, 4.69) is 11.4 Å². The number of amides is 2. The summed E-state index contributed by atoms with van der Waals surface area (Å²) in [5.74, 6) is -0.461. The number of benzene rings is 1. The van der Waals surface area contributed by atoms with Gasteiger partial charge in [0.1, 0.15) is 12.6 Å². The van der Waals surface area contributed by atoms with E-state index in [9.17, 15) is 14.4 Å². The van der Waals surface area contributed by atoms with Gasteiger partial charge < -0.3 is 19.7 Å². The van der Waals surface area contributed by atoms with Gasteiger partial charge in [0.15, 0.2) is 11.9 Å². The van der Waals surface area contributed by atoms with Crippen molar-refractivity contribution in [3.05, 3.63) is 35.4 Å². The minimum atomic E-state index is -0.940. The van der Waals surface area contributed by atoms with Crippen molar-refractivity contribution in [3.63, 3.8) is 0 Å². The molecule has 0 aliphatic carbocycles. The number of ketones is 1. The minimum absolute atomic E-state index is 0.00602. The summed E-state index contributed by atoms with van der Waals surface area (Å²) in [7, 11) is 0. The number of fused-ring (bicyclic) bond motifs is 1. The van der Waals surface area contributed by atoms with Crippen LogP contribution in [0.1, 0.15) is 38.3 Å². The fourth-order valence-corrected chi connectivity index (χ4v) is 3.59. The quantitative estimate of drug-likeness (QED) is 0.835. The summed E-state index contributed by atoms with van der Waals surface area (Å²) in [6.45, 7) is 6.67. The molecule has 152 valence electrons. The number of nitrogens with zero attached hydrogens (tertiary/aromatic N) is 1. The summed E-state index contributed by atoms with van der Waals surface area (Å²) < 4.78 is 10.8. The Morgan fingerprint density at radius 2 is 2.00 bits per heavy atom. The van der Waals surface area contributed by atoms with E-state index in [-0.39, 0.29) is 24.4 Å². The average Bonchev–Trinajstić information content (AvgIpc) is 2.98. The minimum Gasteiger partial charge on any atom is -0.436 e. The highest BCUT2D eigenvalue weighted by Crippen LogP contribution is 2.20. The number of Topliss-reactive ketones (excluding diaryl/α,β-unsaturated/α-hetero) is 1. The summed E-state index contributed by atoms with van der Waals surface area (Å²) >= 11 is 0. The van der Waals surface area contributed by atoms with Gasteiger partial charge in [0, 0.05) is 13.1 Å². The van der Waals surface area contributed by atoms with Crippen molar-refractivity contribution in [2.45, 2.75) is 58.4 Å². The van der Waals surface area contributed by atoms with Crippen LogP contribution in [0.2, 0.25) is 0 Å². The first kappa shape index (κ1) is 20.3. The van der Waals surface area contributed by atoms with Crippen molar-refractivity contribution >= 4 is 17.8 Å². The fraction of sp³-hybridized carbons (Fsp3) is 0.571. The molecule has 28 heavy (non-hydrogen) atoms. The van der Waals surface area contributed by atoms with Gasteiger partial charge in [-0.2, -0.15) is 0 Å². The Hall–Kier alpha value is -2.41. The molecule has 0 aromatic heterocycles. The molecule has 2 amide bonds. The highest BCUT2D eigenvalue weighted by molar-refractivity contribution is 5.93. The van der Waals surface area contributed by atoms with E-state index < -0.39 is 24.1 Å². The second-order valence-corrected chi connectivity index (χ2v) is 7.91. The van der Waals surface area contributed by atoms with Crippen molar-refractivity contribution in [2.75, 3.05) is 13.2 Å². The lowest BCUT2D eigenvalue weighted by Gasteiger charge is -2.30. The molecule has 0 saturated carbocycles. The largest absolute Gasteiger partial charge is 0.436 e. The number of nitrogens with one attached hydrogen (secondary N) is 1. The molecule has 1 fully saturated rings. The van der Waals surface area contributed by atoms with Gasteiger partial charge in [0.05, 0.1) is 6.10 Å². The molecule has 0 radical (unpaired) electrons. The molecule has 7 heteroatoms. The van der Waals surface area contributed by atoms with Crippen molar-refractivity contribution in [2.24, 2.45) is 5.92 Å². The topological polar surface area (TPSA) is 84.9 Å². The number of hydrogen-bond donors (Lipinski definition) is 1. The maximum atomic E-state index is 12.7. The SMILES string of the molecule is CC(C)CC(OC(=O)N1CCc2ccccc2C1)C(=O)NC1C(=O)COC1C. The molecule has 0 spiro atoms. The third-order valence-corrected chi connectivity index (χ3v) is 5.21. The predicted molar refractivity (Wildman–Crippen MR) is 103 cm³/mol. The number of carbonyl (C=O) groups excluding carboxylic acids is 3. The molecule has 3 rings (SSSR count). The Balaban J connectivity index is 1.64. The van der Waals surface area contributed by atoms with Crippen LogP contribution in [0.3, 0.4) is 0 Å². The van der Waals surface area contributed by atoms with Crippen LogP contribution in [-0.4, -0.2) is 54.1 Å². The lowest BCUT2D eigenvalue weighted by Crippen LogP contribution is -2.50. The van der Waals surface area contributed by atoms with Gasteiger partial charge in [-0.25, -0.2) is 4.79 Å². The average molecular weight is 388 g/mol. The van der Waals surface area contributed by atoms with E-state index in [1.54, 1.807) is 11.8 Å². The van der Waals surface area contributed by atoms with E-state index in [0.717, 1.165) is 12.0 Å². The van der Waals surface area contributed by atoms with Gasteiger partial charge in [-0.1, -0.05) is 38.1 Å². The Morgan fingerprint density at radius 3 is 2.64 bits per heavy atom. The van der Waals surface area contributed by atoms with Crippen molar-refractivity contribution in [1.82, 2.24) is 10.2 Å². The molecule has 2 aliphatic rings. The highest BCUT2D eigenvalue weighted by atomic mass is 16.6. The molecule has 3 atom stereocenters. The van der Waals surface area contributed by atoms with E-state index >= 15 is 0 Å². The second-order valence-electron chi connectivity index (χ2n) is 7.91. The molecule has 7 nitrogen and oxygen atoms in total. The number of rotatable bonds is 5. The third-order valence-electron chi connectivity index (χ3n) is 5.21. The first-order chi connectivity index (χ1) is 13.3. The lowest BCUT2D eigenvalue weighted by atomic mass is 10.0. The van der Waals surface area contributed by atoms with Crippen molar-refractivity contribution < 1.29 is 23.9 Å². The second kappa shape index (κ2) is 8.73. The fourth-order valence-electron chi connectivity index (χ4n) is 3.59. The standard InChI is InChI=1S/C21H28N2O5/c1-13(2)10-18(20(25)22-19-14(3)27-12-17(19)24)28-21(26)23-9-8-15-6-4-5-7-16(15)11-23/h4-7,13-14,18-19H,8-12H2,1-3H3,(H,22,25). The van der Waals surface area contributed by atoms with Gasteiger partial charge in [0.25, 0.3) is 5.91 Å². The summed E-state index contributed by atoms with van der Waals surface area (Å²) in [5.41, 5.74) is 2.33. The Bertz CT molecular complexity index is 748. The molecule has 1 N–H and O–H groups in total. The van der Waals surface area contributed by atoms with Crippen LogP contribution in [0.5, 0.6) is 0 Å². The first-order valence-corrected chi connectivity index (χ1v) is 9.82. The molecule has 2 heterocycles. The molecule has 0 bridgehead atoms. The summed E-state index contributed by atoms with van der Waals surface area (Å²) in [6.07, 6.45) is -0.677. The highest BCUT2D eigenvalue weighted by Gasteiger charge is 2.37. The van der Waals surface area contributed by atoms with Gasteiger partial charge in [-0.15, -0.1) is 0 Å². The van der Waals surface area contributed by atoms with Crippen LogP contribution >= 0.6 is 0 Å². The van der Waals surface area contributed by atoms with Crippen LogP contribution < -0.4 is 5.32 Å². The van der Waals surface area contributed by atoms with E-state index in [4.69, 9.17) is 9.47 Å². The van der Waals surface area contributed by atoms with E-state index in [1.807, 2.05) is 32.0 Å². The van der Waals surface area contributed by atoms with Crippen molar-refractivity contribution in [1.29, 1.82) is 0 Å². The zero-order valence-corrected chi connectivity index (χ0v) is 16.6. The number of hydrogen-bond acceptors (Lipinski definition) is 5. The maximum Gasteiger partial charge on any atom is 0.410 e. The molecule has 1 aromatic carbocycles. The molecular weight excluding hydrogens is 360 g/mol. The monoisotopic (exact) mass is 388 g/mol. The number of carbonyl (C=O) groups is 3. The maximum absolute atomic E-state index is 12.7. The van der Waals surface area contributed by atoms with Gasteiger partial charge in [-0.05, 0) is 36.8 Å². The molecule has 3 unspecified atom stereocenters. The molecule has 1 saturated heterocycles. The Morgan fingerprint density at radius 1 is 1.29 bits per heavy atom. The summed E-state index contributed by atoms with van der Waals surface area (Å²) in [6, 6.07) is 7.31. The number of ether oxygens (including phenoxy) is 2. The predicted octanol–water partition coefficient (Wildman–Crippen LogP) is 2.07. The van der Waals surface area contributed by atoms with Gasteiger partial charge >= 0.3 is 6.09 Å². The normalized spacial score (nSPS) is 22.7. The van der Waals surface area contributed by atoms with Crippen LogP contribution in [0, 0.1) is 5.92 Å². The van der Waals surface area contributed by atoms with Crippen LogP contribution in [-0.2, 0) is 32.0 Å². The van der Waals surface area contributed by atoms with E-state index in [0.29, 0.717) is 19.5 Å². The van der Waals surface area contributed by atoms with Crippen LogP contribution in [0.25, 0.3) is 0 Å². The lowest BCUT2D eigenvalue weighted by molar-refractivity contribution is -0.134. The van der Waals surface area contributed by atoms with E-state index in [1.165, 1.54) is 5.56 Å². The smallest absolute Gasteiger partial charge is 0.410 e. The molecule has 2 aliphatic heterocycles. The van der Waals surface area contributed by atoms with Gasteiger partial charge in [-0.3, -0.25) is 9.59 Å². The first-order valence-electron chi connectivity index (χ1n) is 9.82. The molecule has 1 aromatic rings.